The van der Waals surface area contributed by atoms with E-state index >= 15 is 0 Å². The molecule has 9 heteroatoms. The van der Waals surface area contributed by atoms with Gasteiger partial charge in [-0.1, -0.05) is 36.0 Å². The fraction of sp³-hybridized carbons (Fsp3) is 0.333. The van der Waals surface area contributed by atoms with Gasteiger partial charge in [0.05, 0.1) is 25.7 Å². The topological polar surface area (TPSA) is 99.1 Å². The molecule has 158 valence electrons. The maximum Gasteiger partial charge on any atom is 0.355 e. The molecule has 2 heterocycles. The van der Waals surface area contributed by atoms with Crippen molar-refractivity contribution < 1.29 is 24.5 Å². The second kappa shape index (κ2) is 8.14. The molecule has 2 aromatic carbocycles. The zero-order valence-corrected chi connectivity index (χ0v) is 18.2. The van der Waals surface area contributed by atoms with Crippen molar-refractivity contribution in [2.45, 2.75) is 29.9 Å². The standard InChI is InChI=1S/C21H22N2O5S2/c1-10(25)15-19(26)23-18(21(27)28-2)14(30-20(15)23)8-22-17-12(9-24)7-6-11-4-3-5-13(29)16(11)17/h3-7,10,15,20,22,24-25,29H,8-9H2,1-2H3. The van der Waals surface area contributed by atoms with Crippen molar-refractivity contribution in [2.24, 2.45) is 5.92 Å². The van der Waals surface area contributed by atoms with Crippen LogP contribution in [0.2, 0.25) is 0 Å². The number of esters is 1. The number of methoxy groups -OCH3 is 1. The predicted molar refractivity (Wildman–Crippen MR) is 118 cm³/mol. The normalized spacial score (nSPS) is 21.5. The largest absolute Gasteiger partial charge is 0.464 e. The van der Waals surface area contributed by atoms with Crippen LogP contribution in [0.1, 0.15) is 12.5 Å². The smallest absolute Gasteiger partial charge is 0.355 e. The second-order valence-corrected chi connectivity index (χ2v) is 8.93. The van der Waals surface area contributed by atoms with E-state index in [-0.39, 0.29) is 30.1 Å². The molecule has 1 amide bonds. The van der Waals surface area contributed by atoms with Crippen LogP contribution in [-0.2, 0) is 20.9 Å². The first kappa shape index (κ1) is 21.0. The van der Waals surface area contributed by atoms with Crippen molar-refractivity contribution in [3.8, 4) is 0 Å². The maximum atomic E-state index is 12.5. The Morgan fingerprint density at radius 3 is 2.80 bits per heavy atom. The SMILES string of the molecule is COC(=O)C1=C(CNc2c(CO)ccc3cccc(S)c23)SC2C(C(C)O)C(=O)N12. The van der Waals surface area contributed by atoms with Gasteiger partial charge in [0.1, 0.15) is 11.1 Å². The van der Waals surface area contributed by atoms with Crippen LogP contribution in [0.15, 0.2) is 45.8 Å². The van der Waals surface area contributed by atoms with Crippen molar-refractivity contribution in [3.63, 3.8) is 0 Å². The number of thioether (sulfide) groups is 1. The number of benzene rings is 2. The van der Waals surface area contributed by atoms with Crippen LogP contribution < -0.4 is 5.32 Å². The van der Waals surface area contributed by atoms with Crippen LogP contribution in [0, 0.1) is 5.92 Å². The van der Waals surface area contributed by atoms with Gasteiger partial charge in [-0.3, -0.25) is 9.69 Å². The fourth-order valence-corrected chi connectivity index (χ4v) is 5.84. The molecule has 0 bridgehead atoms. The highest BCUT2D eigenvalue weighted by Gasteiger charge is 2.57. The highest BCUT2D eigenvalue weighted by Crippen LogP contribution is 2.50. The molecule has 3 unspecified atom stereocenters. The number of thiol groups is 1. The lowest BCUT2D eigenvalue weighted by Gasteiger charge is -2.43. The summed E-state index contributed by atoms with van der Waals surface area (Å²) in [5.41, 5.74) is 1.64. The lowest BCUT2D eigenvalue weighted by atomic mass is 9.92. The first-order chi connectivity index (χ1) is 14.4. The maximum absolute atomic E-state index is 12.5. The average Bonchev–Trinajstić information content (AvgIpc) is 3.05. The van der Waals surface area contributed by atoms with Crippen LogP contribution in [0.5, 0.6) is 0 Å². The number of nitrogens with one attached hydrogen (secondary N) is 1. The fourth-order valence-electron chi connectivity index (χ4n) is 3.97. The molecule has 7 nitrogen and oxygen atoms in total. The van der Waals surface area contributed by atoms with Gasteiger partial charge in [-0.25, -0.2) is 4.79 Å². The molecule has 4 rings (SSSR count). The average molecular weight is 447 g/mol. The molecular formula is C21H22N2O5S2. The van der Waals surface area contributed by atoms with E-state index in [0.717, 1.165) is 21.4 Å². The number of fused-ring (bicyclic) bond motifs is 2. The highest BCUT2D eigenvalue weighted by molar-refractivity contribution is 8.04. The summed E-state index contributed by atoms with van der Waals surface area (Å²) in [6, 6.07) is 9.51. The minimum Gasteiger partial charge on any atom is -0.464 e. The summed E-state index contributed by atoms with van der Waals surface area (Å²) in [6.45, 7) is 1.68. The number of aliphatic hydroxyl groups excluding tert-OH is 2. The molecule has 0 aliphatic carbocycles. The van der Waals surface area contributed by atoms with Gasteiger partial charge < -0.3 is 20.3 Å². The summed E-state index contributed by atoms with van der Waals surface area (Å²) in [5, 5.41) is 24.6. The molecule has 2 aliphatic rings. The Labute approximate surface area is 183 Å². The third kappa shape index (κ3) is 3.26. The summed E-state index contributed by atoms with van der Waals surface area (Å²) >= 11 is 5.94. The minimum absolute atomic E-state index is 0.159. The molecule has 3 atom stereocenters. The Morgan fingerprint density at radius 1 is 1.37 bits per heavy atom. The summed E-state index contributed by atoms with van der Waals surface area (Å²) in [5.74, 6) is -1.42. The van der Waals surface area contributed by atoms with E-state index in [2.05, 4.69) is 17.9 Å². The molecule has 2 aliphatic heterocycles. The van der Waals surface area contributed by atoms with Crippen LogP contribution >= 0.6 is 24.4 Å². The van der Waals surface area contributed by atoms with Gasteiger partial charge in [-0.15, -0.1) is 12.6 Å². The Kier molecular flexibility index (Phi) is 5.71. The van der Waals surface area contributed by atoms with Crippen molar-refractivity contribution in [1.29, 1.82) is 0 Å². The Balaban J connectivity index is 1.69. The van der Waals surface area contributed by atoms with Gasteiger partial charge in [0.15, 0.2) is 0 Å². The Morgan fingerprint density at radius 2 is 2.13 bits per heavy atom. The second-order valence-electron chi connectivity index (χ2n) is 7.23. The Bertz CT molecular complexity index is 1070. The molecule has 0 aromatic heterocycles. The lowest BCUT2D eigenvalue weighted by molar-refractivity contribution is -0.157. The summed E-state index contributed by atoms with van der Waals surface area (Å²) in [6.07, 6.45) is -0.803. The van der Waals surface area contributed by atoms with E-state index in [9.17, 15) is 19.8 Å². The highest BCUT2D eigenvalue weighted by atomic mass is 32.2. The van der Waals surface area contributed by atoms with E-state index in [1.54, 1.807) is 6.92 Å². The zero-order chi connectivity index (χ0) is 21.6. The summed E-state index contributed by atoms with van der Waals surface area (Å²) in [4.78, 5) is 27.7. The molecule has 2 aromatic rings. The monoisotopic (exact) mass is 446 g/mol. The number of anilines is 1. The number of β-lactam (4-membered cyclic amide) rings is 1. The quantitative estimate of drug-likeness (QED) is 0.307. The molecule has 30 heavy (non-hydrogen) atoms. The molecular weight excluding hydrogens is 424 g/mol. The zero-order valence-electron chi connectivity index (χ0n) is 16.5. The number of ether oxygens (including phenoxy) is 1. The van der Waals surface area contributed by atoms with Gasteiger partial charge in [0, 0.05) is 33.0 Å². The minimum atomic E-state index is -0.803. The molecule has 1 saturated heterocycles. The van der Waals surface area contributed by atoms with Gasteiger partial charge in [-0.05, 0) is 18.4 Å². The van der Waals surface area contributed by atoms with E-state index < -0.39 is 18.0 Å². The first-order valence-corrected chi connectivity index (χ1v) is 10.8. The van der Waals surface area contributed by atoms with Crippen molar-refractivity contribution in [1.82, 2.24) is 4.90 Å². The molecule has 0 saturated carbocycles. The summed E-state index contributed by atoms with van der Waals surface area (Å²) < 4.78 is 4.90. The number of nitrogens with zero attached hydrogens (tertiary/aromatic N) is 1. The van der Waals surface area contributed by atoms with Gasteiger partial charge in [-0.2, -0.15) is 0 Å². The van der Waals surface area contributed by atoms with Crippen LogP contribution in [0.25, 0.3) is 10.8 Å². The van der Waals surface area contributed by atoms with Gasteiger partial charge >= 0.3 is 5.97 Å². The lowest BCUT2D eigenvalue weighted by Crippen LogP contribution is -2.60. The molecule has 3 N–H and O–H groups in total. The number of hydrogen-bond donors (Lipinski definition) is 4. The van der Waals surface area contributed by atoms with Crippen LogP contribution in [0.3, 0.4) is 0 Å². The van der Waals surface area contributed by atoms with E-state index in [1.807, 2.05) is 30.3 Å². The number of carbonyl (C=O) groups excluding carboxylic acids is 2. The third-order valence-electron chi connectivity index (χ3n) is 5.46. The number of carbonyl (C=O) groups is 2. The van der Waals surface area contributed by atoms with Crippen molar-refractivity contribution >= 4 is 52.7 Å². The van der Waals surface area contributed by atoms with Crippen molar-refractivity contribution in [2.75, 3.05) is 19.0 Å². The van der Waals surface area contributed by atoms with E-state index in [0.29, 0.717) is 10.5 Å². The van der Waals surface area contributed by atoms with Gasteiger partial charge in [0.2, 0.25) is 5.91 Å². The number of aliphatic hydroxyl groups is 2. The number of amides is 1. The number of rotatable bonds is 6. The van der Waals surface area contributed by atoms with Gasteiger partial charge in [0.25, 0.3) is 0 Å². The first-order valence-electron chi connectivity index (χ1n) is 9.46. The van der Waals surface area contributed by atoms with Crippen LogP contribution in [-0.4, -0.2) is 52.1 Å². The van der Waals surface area contributed by atoms with Crippen molar-refractivity contribution in [3.05, 3.63) is 46.5 Å². The van der Waals surface area contributed by atoms with E-state index in [1.165, 1.54) is 23.8 Å². The van der Waals surface area contributed by atoms with Crippen LogP contribution in [0.4, 0.5) is 5.69 Å². The third-order valence-corrected chi connectivity index (χ3v) is 7.20. The molecule has 0 spiro atoms. The number of hydrogen-bond acceptors (Lipinski definition) is 8. The Hall–Kier alpha value is -2.20. The predicted octanol–water partition coefficient (Wildman–Crippen LogP) is 2.33. The summed E-state index contributed by atoms with van der Waals surface area (Å²) in [7, 11) is 1.27. The molecule has 0 radical (unpaired) electrons. The van der Waals surface area contributed by atoms with E-state index in [4.69, 9.17) is 4.74 Å². The molecule has 1 fully saturated rings.